The van der Waals surface area contributed by atoms with Crippen LogP contribution in [0.15, 0.2) is 29.1 Å². The van der Waals surface area contributed by atoms with Crippen LogP contribution < -0.4 is 10.9 Å². The molecule has 23 heavy (non-hydrogen) atoms. The summed E-state index contributed by atoms with van der Waals surface area (Å²) in [7, 11) is 0. The van der Waals surface area contributed by atoms with Gasteiger partial charge in [0.25, 0.3) is 5.56 Å². The van der Waals surface area contributed by atoms with E-state index in [1.807, 2.05) is 43.9 Å². The quantitative estimate of drug-likeness (QED) is 0.814. The van der Waals surface area contributed by atoms with Crippen molar-refractivity contribution in [2.24, 2.45) is 0 Å². The van der Waals surface area contributed by atoms with Crippen molar-refractivity contribution in [1.29, 1.82) is 0 Å². The molecular weight excluding hydrogens is 292 g/mol. The number of para-hydroxylation sites is 1. The highest BCUT2D eigenvalue weighted by Crippen LogP contribution is 2.09. The summed E-state index contributed by atoms with van der Waals surface area (Å²) in [6.07, 6.45) is 0.907. The van der Waals surface area contributed by atoms with Gasteiger partial charge in [0.05, 0.1) is 23.5 Å². The maximum atomic E-state index is 12.1. The van der Waals surface area contributed by atoms with Gasteiger partial charge in [0.2, 0.25) is 5.91 Å². The first-order valence-electron chi connectivity index (χ1n) is 8.06. The smallest absolute Gasteiger partial charge is 0.258 e. The third-order valence-corrected chi connectivity index (χ3v) is 3.90. The zero-order chi connectivity index (χ0) is 16.8. The molecule has 2 aromatic rings. The third kappa shape index (κ3) is 4.16. The average molecular weight is 316 g/mol. The lowest BCUT2D eigenvalue weighted by atomic mass is 10.2. The zero-order valence-corrected chi connectivity index (χ0v) is 13.9. The second-order valence-electron chi connectivity index (χ2n) is 5.56. The van der Waals surface area contributed by atoms with Crippen molar-refractivity contribution in [3.05, 3.63) is 40.4 Å². The summed E-state index contributed by atoms with van der Waals surface area (Å²) in [4.78, 5) is 33.5. The second-order valence-corrected chi connectivity index (χ2v) is 5.56. The van der Waals surface area contributed by atoms with Crippen molar-refractivity contribution in [3.63, 3.8) is 0 Å². The number of nitrogens with one attached hydrogen (secondary N) is 2. The van der Waals surface area contributed by atoms with Crippen molar-refractivity contribution in [2.75, 3.05) is 13.1 Å². The third-order valence-electron chi connectivity index (χ3n) is 3.90. The summed E-state index contributed by atoms with van der Waals surface area (Å²) in [6, 6.07) is 6.97. The molecule has 2 N–H and O–H groups in total. The van der Waals surface area contributed by atoms with E-state index in [1.165, 1.54) is 0 Å². The van der Waals surface area contributed by atoms with Crippen LogP contribution >= 0.6 is 0 Å². The van der Waals surface area contributed by atoms with E-state index >= 15 is 0 Å². The Morgan fingerprint density at radius 2 is 2.09 bits per heavy atom. The maximum absolute atomic E-state index is 12.1. The molecule has 2 rings (SSSR count). The Morgan fingerprint density at radius 1 is 1.35 bits per heavy atom. The number of rotatable bonds is 7. The molecule has 0 saturated carbocycles. The minimum Gasteiger partial charge on any atom is -0.355 e. The molecule has 1 unspecified atom stereocenters. The lowest BCUT2D eigenvalue weighted by molar-refractivity contribution is -0.126. The van der Waals surface area contributed by atoms with Gasteiger partial charge in [0, 0.05) is 6.54 Å². The van der Waals surface area contributed by atoms with E-state index in [9.17, 15) is 9.59 Å². The van der Waals surface area contributed by atoms with Crippen molar-refractivity contribution in [3.8, 4) is 0 Å². The first-order chi connectivity index (χ1) is 11.1. The van der Waals surface area contributed by atoms with E-state index in [4.69, 9.17) is 0 Å². The van der Waals surface area contributed by atoms with Gasteiger partial charge in [0.15, 0.2) is 0 Å². The zero-order valence-electron chi connectivity index (χ0n) is 13.9. The highest BCUT2D eigenvalue weighted by Gasteiger charge is 2.20. The van der Waals surface area contributed by atoms with Crippen LogP contribution in [0.1, 0.15) is 33.0 Å². The number of aromatic amines is 1. The number of hydrogen-bond acceptors (Lipinski definition) is 4. The van der Waals surface area contributed by atoms with Gasteiger partial charge in [-0.3, -0.25) is 14.5 Å². The average Bonchev–Trinajstić information content (AvgIpc) is 2.57. The highest BCUT2D eigenvalue weighted by molar-refractivity contribution is 5.81. The summed E-state index contributed by atoms with van der Waals surface area (Å²) in [5.41, 5.74) is 0.523. The predicted molar refractivity (Wildman–Crippen MR) is 91.2 cm³/mol. The van der Waals surface area contributed by atoms with Crippen LogP contribution in [0.5, 0.6) is 0 Å². The van der Waals surface area contributed by atoms with E-state index in [-0.39, 0.29) is 17.5 Å². The minimum absolute atomic E-state index is 0.00293. The van der Waals surface area contributed by atoms with Crippen molar-refractivity contribution in [1.82, 2.24) is 20.2 Å². The Bertz CT molecular complexity index is 726. The van der Waals surface area contributed by atoms with Gasteiger partial charge in [-0.15, -0.1) is 0 Å². The molecule has 6 nitrogen and oxygen atoms in total. The number of hydrogen-bond donors (Lipinski definition) is 2. The fraction of sp³-hybridized carbons (Fsp3) is 0.471. The SMILES string of the molecule is CCCNC(=O)C(C)N(CC)Cc1nc2ccccc2c(=O)[nH]1. The monoisotopic (exact) mass is 316 g/mol. The van der Waals surface area contributed by atoms with Gasteiger partial charge in [-0.1, -0.05) is 26.0 Å². The number of benzene rings is 1. The first-order valence-corrected chi connectivity index (χ1v) is 8.06. The molecule has 0 bridgehead atoms. The van der Waals surface area contributed by atoms with E-state index in [2.05, 4.69) is 15.3 Å². The van der Waals surface area contributed by atoms with E-state index in [1.54, 1.807) is 6.07 Å². The van der Waals surface area contributed by atoms with Crippen molar-refractivity contribution >= 4 is 16.8 Å². The summed E-state index contributed by atoms with van der Waals surface area (Å²) in [6.45, 7) is 7.67. The molecule has 0 aliphatic carbocycles. The van der Waals surface area contributed by atoms with Gasteiger partial charge in [0.1, 0.15) is 5.82 Å². The van der Waals surface area contributed by atoms with Crippen LogP contribution in [0.4, 0.5) is 0 Å². The van der Waals surface area contributed by atoms with Crippen LogP contribution in [0.3, 0.4) is 0 Å². The highest BCUT2D eigenvalue weighted by atomic mass is 16.2. The molecule has 1 aromatic heterocycles. The van der Waals surface area contributed by atoms with Gasteiger partial charge in [-0.2, -0.15) is 0 Å². The Kier molecular flexibility index (Phi) is 5.87. The van der Waals surface area contributed by atoms with E-state index in [0.29, 0.717) is 36.4 Å². The summed E-state index contributed by atoms with van der Waals surface area (Å²) in [5.74, 6) is 0.572. The number of carbonyl (C=O) groups excluding carboxylic acids is 1. The molecular formula is C17H24N4O2. The molecule has 0 aliphatic heterocycles. The van der Waals surface area contributed by atoms with E-state index < -0.39 is 0 Å². The number of H-pyrrole nitrogens is 1. The van der Waals surface area contributed by atoms with Gasteiger partial charge in [-0.05, 0) is 32.0 Å². The summed E-state index contributed by atoms with van der Waals surface area (Å²) in [5, 5.41) is 3.48. The van der Waals surface area contributed by atoms with Crippen LogP contribution in [0.2, 0.25) is 0 Å². The van der Waals surface area contributed by atoms with Crippen LogP contribution in [-0.2, 0) is 11.3 Å². The number of nitrogens with zero attached hydrogens (tertiary/aromatic N) is 2. The van der Waals surface area contributed by atoms with Crippen LogP contribution in [0.25, 0.3) is 10.9 Å². The minimum atomic E-state index is -0.275. The number of aromatic nitrogens is 2. The molecule has 1 aromatic carbocycles. The Labute approximate surface area is 135 Å². The van der Waals surface area contributed by atoms with Gasteiger partial charge < -0.3 is 10.3 Å². The normalized spacial score (nSPS) is 12.5. The Balaban J connectivity index is 2.18. The van der Waals surface area contributed by atoms with Crippen molar-refractivity contribution < 1.29 is 4.79 Å². The second kappa shape index (κ2) is 7.87. The van der Waals surface area contributed by atoms with Crippen LogP contribution in [0, 0.1) is 0 Å². The number of fused-ring (bicyclic) bond motifs is 1. The van der Waals surface area contributed by atoms with Crippen molar-refractivity contribution in [2.45, 2.75) is 39.8 Å². The molecule has 1 heterocycles. The lowest BCUT2D eigenvalue weighted by Crippen LogP contribution is -2.45. The summed E-state index contributed by atoms with van der Waals surface area (Å²) < 4.78 is 0. The lowest BCUT2D eigenvalue weighted by Gasteiger charge is -2.26. The number of amides is 1. The molecule has 0 fully saturated rings. The van der Waals surface area contributed by atoms with E-state index in [0.717, 1.165) is 6.42 Å². The molecule has 6 heteroatoms. The molecule has 0 saturated heterocycles. The number of likely N-dealkylation sites (N-methyl/N-ethyl adjacent to an activating group) is 1. The predicted octanol–water partition coefficient (Wildman–Crippen LogP) is 1.66. The fourth-order valence-corrected chi connectivity index (χ4v) is 2.49. The topological polar surface area (TPSA) is 78.1 Å². The maximum Gasteiger partial charge on any atom is 0.258 e. The fourth-order valence-electron chi connectivity index (χ4n) is 2.49. The molecule has 1 amide bonds. The Hall–Kier alpha value is -2.21. The molecule has 0 aliphatic rings. The first kappa shape index (κ1) is 17.1. The molecule has 1 atom stereocenters. The number of carbonyl (C=O) groups is 1. The van der Waals surface area contributed by atoms with Crippen LogP contribution in [-0.4, -0.2) is 39.9 Å². The molecule has 124 valence electrons. The molecule has 0 spiro atoms. The Morgan fingerprint density at radius 3 is 2.78 bits per heavy atom. The standard InChI is InChI=1S/C17H24N4O2/c1-4-10-18-16(22)12(3)21(5-2)11-15-19-14-9-7-6-8-13(14)17(23)20-15/h6-9,12H,4-5,10-11H2,1-3H3,(H,18,22)(H,19,20,23). The van der Waals surface area contributed by atoms with Gasteiger partial charge in [-0.25, -0.2) is 4.98 Å². The summed E-state index contributed by atoms with van der Waals surface area (Å²) >= 11 is 0. The van der Waals surface area contributed by atoms with Gasteiger partial charge >= 0.3 is 0 Å². The largest absolute Gasteiger partial charge is 0.355 e. The molecule has 0 radical (unpaired) electrons.